The minimum absolute atomic E-state index is 0.0992. The molecule has 2 amide bonds. The quantitative estimate of drug-likeness (QED) is 0.559. The molecule has 2 unspecified atom stereocenters. The highest BCUT2D eigenvalue weighted by atomic mass is 19.4. The van der Waals surface area contributed by atoms with Crippen molar-refractivity contribution in [2.45, 2.75) is 31.5 Å². The molecule has 2 atom stereocenters. The molecule has 0 aliphatic carbocycles. The lowest BCUT2D eigenvalue weighted by atomic mass is 10.0. The largest absolute Gasteiger partial charge is 0.573 e. The SMILES string of the molecule is NC(=O)c1ccc(N2CCOCC2)cc1OC1CCN(C(=O)Cc2ccc(OC(F)(F)F)cc2)CC1F. The predicted octanol–water partition coefficient (Wildman–Crippen LogP) is 3.08. The Labute approximate surface area is 210 Å². The Balaban J connectivity index is 1.36. The van der Waals surface area contributed by atoms with Crippen molar-refractivity contribution in [3.05, 3.63) is 53.6 Å². The van der Waals surface area contributed by atoms with Crippen molar-refractivity contribution in [2.24, 2.45) is 5.73 Å². The molecule has 2 fully saturated rings. The van der Waals surface area contributed by atoms with E-state index in [9.17, 15) is 22.8 Å². The monoisotopic (exact) mass is 525 g/mol. The van der Waals surface area contributed by atoms with E-state index in [1.807, 2.05) is 0 Å². The Kier molecular flexibility index (Phi) is 8.06. The number of halogens is 4. The summed E-state index contributed by atoms with van der Waals surface area (Å²) < 4.78 is 67.1. The van der Waals surface area contributed by atoms with Crippen LogP contribution in [-0.2, 0) is 16.0 Å². The number of nitrogens with two attached hydrogens (primary N) is 1. The number of alkyl halides is 4. The maximum Gasteiger partial charge on any atom is 0.573 e. The summed E-state index contributed by atoms with van der Waals surface area (Å²) in [7, 11) is 0. The van der Waals surface area contributed by atoms with E-state index >= 15 is 4.39 Å². The molecule has 4 rings (SSSR count). The zero-order valence-corrected chi connectivity index (χ0v) is 19.9. The molecule has 2 aliphatic heterocycles. The summed E-state index contributed by atoms with van der Waals surface area (Å²) in [6, 6.07) is 9.93. The number of nitrogens with zero attached hydrogens (tertiary/aromatic N) is 2. The number of primary amides is 1. The normalized spacial score (nSPS) is 20.4. The van der Waals surface area contributed by atoms with Crippen LogP contribution >= 0.6 is 0 Å². The van der Waals surface area contributed by atoms with Crippen LogP contribution < -0.4 is 20.1 Å². The first kappa shape index (κ1) is 26.5. The number of amides is 2. The topological polar surface area (TPSA) is 94.3 Å². The molecule has 0 bridgehead atoms. The second-order valence-electron chi connectivity index (χ2n) is 8.81. The molecule has 37 heavy (non-hydrogen) atoms. The Bertz CT molecular complexity index is 1110. The van der Waals surface area contributed by atoms with E-state index in [4.69, 9.17) is 15.2 Å². The van der Waals surface area contributed by atoms with Gasteiger partial charge in [0.05, 0.1) is 31.7 Å². The van der Waals surface area contributed by atoms with Crippen LogP contribution in [0, 0.1) is 0 Å². The Morgan fingerprint density at radius 1 is 1.05 bits per heavy atom. The first-order valence-electron chi connectivity index (χ1n) is 11.8. The van der Waals surface area contributed by atoms with Gasteiger partial charge in [-0.1, -0.05) is 12.1 Å². The standard InChI is InChI=1S/C25H27F4N3O5/c26-20-15-32(23(33)13-16-1-4-18(5-2-16)37-25(27,28)29)8-7-21(20)36-22-14-17(3-6-19(22)24(30)34)31-9-11-35-12-10-31/h1-6,14,20-21H,7-13,15H2,(H2,30,34). The second-order valence-corrected chi connectivity index (χ2v) is 8.81. The third-order valence-electron chi connectivity index (χ3n) is 6.23. The molecular weight excluding hydrogens is 498 g/mol. The van der Waals surface area contributed by atoms with Crippen LogP contribution in [0.1, 0.15) is 22.3 Å². The first-order valence-corrected chi connectivity index (χ1v) is 11.8. The molecule has 8 nitrogen and oxygen atoms in total. The third kappa shape index (κ3) is 7.03. The summed E-state index contributed by atoms with van der Waals surface area (Å²) in [6.45, 7) is 2.47. The van der Waals surface area contributed by atoms with Crippen LogP contribution in [0.5, 0.6) is 11.5 Å². The van der Waals surface area contributed by atoms with Crippen molar-refractivity contribution in [3.8, 4) is 11.5 Å². The summed E-state index contributed by atoms with van der Waals surface area (Å²) in [5, 5.41) is 0. The predicted molar refractivity (Wildman–Crippen MR) is 125 cm³/mol. The Hall–Kier alpha value is -3.54. The van der Waals surface area contributed by atoms with Crippen molar-refractivity contribution in [1.82, 2.24) is 4.90 Å². The van der Waals surface area contributed by atoms with Gasteiger partial charge in [0, 0.05) is 37.8 Å². The molecule has 0 saturated carbocycles. The van der Waals surface area contributed by atoms with E-state index in [0.717, 1.165) is 17.8 Å². The zero-order valence-electron chi connectivity index (χ0n) is 19.9. The van der Waals surface area contributed by atoms with Crippen LogP contribution in [0.25, 0.3) is 0 Å². The van der Waals surface area contributed by atoms with Gasteiger partial charge in [-0.05, 0) is 29.8 Å². The number of hydrogen-bond donors (Lipinski definition) is 1. The molecule has 0 radical (unpaired) electrons. The van der Waals surface area contributed by atoms with Gasteiger partial charge in [-0.3, -0.25) is 9.59 Å². The second kappa shape index (κ2) is 11.2. The van der Waals surface area contributed by atoms with E-state index in [0.29, 0.717) is 31.9 Å². The lowest BCUT2D eigenvalue weighted by molar-refractivity contribution is -0.274. The summed E-state index contributed by atoms with van der Waals surface area (Å²) >= 11 is 0. The molecule has 2 N–H and O–H groups in total. The molecule has 2 aromatic rings. The molecule has 2 saturated heterocycles. The highest BCUT2D eigenvalue weighted by molar-refractivity contribution is 5.96. The highest BCUT2D eigenvalue weighted by Crippen LogP contribution is 2.30. The fourth-order valence-corrected chi connectivity index (χ4v) is 4.33. The van der Waals surface area contributed by atoms with E-state index in [1.165, 1.54) is 17.0 Å². The maximum absolute atomic E-state index is 15.1. The van der Waals surface area contributed by atoms with Gasteiger partial charge in [0.1, 0.15) is 17.6 Å². The maximum atomic E-state index is 15.1. The third-order valence-corrected chi connectivity index (χ3v) is 6.23. The van der Waals surface area contributed by atoms with Crippen LogP contribution in [0.3, 0.4) is 0 Å². The van der Waals surface area contributed by atoms with Crippen LogP contribution in [0.4, 0.5) is 23.2 Å². The van der Waals surface area contributed by atoms with Crippen molar-refractivity contribution in [3.63, 3.8) is 0 Å². The average molecular weight is 525 g/mol. The molecule has 200 valence electrons. The van der Waals surface area contributed by atoms with Gasteiger partial charge in [-0.2, -0.15) is 0 Å². The van der Waals surface area contributed by atoms with Gasteiger partial charge in [-0.15, -0.1) is 13.2 Å². The molecule has 2 aromatic carbocycles. The van der Waals surface area contributed by atoms with Gasteiger partial charge < -0.3 is 29.7 Å². The number of carbonyl (C=O) groups is 2. The Morgan fingerprint density at radius 3 is 2.38 bits per heavy atom. The number of hydrogen-bond acceptors (Lipinski definition) is 6. The molecule has 12 heteroatoms. The number of morpholine rings is 1. The average Bonchev–Trinajstić information content (AvgIpc) is 2.86. The van der Waals surface area contributed by atoms with Gasteiger partial charge in [0.15, 0.2) is 6.17 Å². The van der Waals surface area contributed by atoms with E-state index < -0.39 is 30.3 Å². The number of benzene rings is 2. The van der Waals surface area contributed by atoms with Crippen molar-refractivity contribution >= 4 is 17.5 Å². The lowest BCUT2D eigenvalue weighted by Crippen LogP contribution is -2.49. The molecule has 0 aromatic heterocycles. The smallest absolute Gasteiger partial charge is 0.486 e. The Morgan fingerprint density at radius 2 is 1.76 bits per heavy atom. The van der Waals surface area contributed by atoms with Crippen LogP contribution in [0.15, 0.2) is 42.5 Å². The van der Waals surface area contributed by atoms with E-state index in [-0.39, 0.29) is 43.2 Å². The first-order chi connectivity index (χ1) is 17.6. The number of carbonyl (C=O) groups excluding carboxylic acids is 2. The number of piperidine rings is 1. The van der Waals surface area contributed by atoms with Crippen LogP contribution in [-0.4, -0.2) is 74.7 Å². The van der Waals surface area contributed by atoms with Crippen molar-refractivity contribution in [2.75, 3.05) is 44.3 Å². The molecular formula is C25H27F4N3O5. The van der Waals surface area contributed by atoms with Gasteiger partial charge in [0.2, 0.25) is 5.91 Å². The van der Waals surface area contributed by atoms with Gasteiger partial charge in [-0.25, -0.2) is 4.39 Å². The summed E-state index contributed by atoms with van der Waals surface area (Å²) in [5.41, 5.74) is 6.91. The fourth-order valence-electron chi connectivity index (χ4n) is 4.33. The molecule has 2 aliphatic rings. The summed E-state index contributed by atoms with van der Waals surface area (Å²) in [4.78, 5) is 28.0. The number of rotatable bonds is 7. The summed E-state index contributed by atoms with van der Waals surface area (Å²) in [5.74, 6) is -1.26. The van der Waals surface area contributed by atoms with Crippen molar-refractivity contribution < 1.29 is 41.4 Å². The molecule has 0 spiro atoms. The summed E-state index contributed by atoms with van der Waals surface area (Å²) in [6.07, 6.45) is -7.13. The minimum atomic E-state index is -4.80. The zero-order chi connectivity index (χ0) is 26.6. The highest BCUT2D eigenvalue weighted by Gasteiger charge is 2.34. The number of ether oxygens (including phenoxy) is 3. The van der Waals surface area contributed by atoms with Gasteiger partial charge in [0.25, 0.3) is 5.91 Å². The number of anilines is 1. The lowest BCUT2D eigenvalue weighted by Gasteiger charge is -2.35. The number of likely N-dealkylation sites (tertiary alicyclic amines) is 1. The van der Waals surface area contributed by atoms with Crippen LogP contribution in [0.2, 0.25) is 0 Å². The minimum Gasteiger partial charge on any atom is -0.486 e. The van der Waals surface area contributed by atoms with E-state index in [2.05, 4.69) is 9.64 Å². The van der Waals surface area contributed by atoms with Crippen molar-refractivity contribution in [1.29, 1.82) is 0 Å². The van der Waals surface area contributed by atoms with Gasteiger partial charge >= 0.3 is 6.36 Å². The fraction of sp³-hybridized carbons (Fsp3) is 0.440. The molecule has 2 heterocycles. The van der Waals surface area contributed by atoms with E-state index in [1.54, 1.807) is 18.2 Å².